The normalized spacial score (nSPS) is 10.8. The highest BCUT2D eigenvalue weighted by Crippen LogP contribution is 2.10. The van der Waals surface area contributed by atoms with E-state index in [-0.39, 0.29) is 11.7 Å². The van der Waals surface area contributed by atoms with Crippen LogP contribution in [-0.4, -0.2) is 15.3 Å². The van der Waals surface area contributed by atoms with E-state index in [4.69, 9.17) is 0 Å². The van der Waals surface area contributed by atoms with Gasteiger partial charge in [0.25, 0.3) is 0 Å². The molecule has 0 spiro atoms. The van der Waals surface area contributed by atoms with Crippen LogP contribution in [0, 0.1) is 5.92 Å². The quantitative estimate of drug-likeness (QED) is 0.755. The van der Waals surface area contributed by atoms with Crippen molar-refractivity contribution >= 4 is 5.78 Å². The predicted molar refractivity (Wildman–Crippen MR) is 71.5 cm³/mol. The smallest absolute Gasteiger partial charge is 0.166 e. The maximum atomic E-state index is 11.8. The second-order valence-electron chi connectivity index (χ2n) is 4.76. The molecule has 0 aliphatic rings. The highest BCUT2D eigenvalue weighted by Gasteiger charge is 2.11. The number of pyridine rings is 1. The molecule has 0 saturated carbocycles. The molecule has 0 atom stereocenters. The lowest BCUT2D eigenvalue weighted by atomic mass is 10.0. The fourth-order valence-corrected chi connectivity index (χ4v) is 1.87. The molecule has 2 aromatic heterocycles. The molecule has 2 rings (SSSR count). The third-order valence-electron chi connectivity index (χ3n) is 2.97. The fraction of sp³-hybridized carbons (Fsp3) is 0.333. The Morgan fingerprint density at radius 2 is 2.00 bits per heavy atom. The average Bonchev–Trinajstić information content (AvgIpc) is 2.85. The Balaban J connectivity index is 1.97. The number of carbonyl (C=O) groups excluding carboxylic acids is 1. The Kier molecular flexibility index (Phi) is 3.92. The van der Waals surface area contributed by atoms with Gasteiger partial charge in [-0.3, -0.25) is 9.78 Å². The van der Waals surface area contributed by atoms with Crippen molar-refractivity contribution in [3.05, 3.63) is 54.1 Å². The molecule has 0 unspecified atom stereocenters. The van der Waals surface area contributed by atoms with E-state index < -0.39 is 0 Å². The van der Waals surface area contributed by atoms with Crippen molar-refractivity contribution in [1.29, 1.82) is 0 Å². The standard InChI is InChI=1S/C15H18N2O/c1-12(2)15(18)14-6-10-17(11-14)9-5-13-3-7-16-8-4-13/h3-4,6-8,10-12H,5,9H2,1-2H3. The minimum absolute atomic E-state index is 0.0565. The number of ketones is 1. The van der Waals surface area contributed by atoms with Crippen molar-refractivity contribution in [2.24, 2.45) is 5.92 Å². The van der Waals surface area contributed by atoms with Crippen LogP contribution in [-0.2, 0) is 13.0 Å². The summed E-state index contributed by atoms with van der Waals surface area (Å²) in [6.07, 6.45) is 8.46. The Labute approximate surface area is 107 Å². The van der Waals surface area contributed by atoms with Gasteiger partial charge < -0.3 is 4.57 Å². The van der Waals surface area contributed by atoms with Crippen LogP contribution >= 0.6 is 0 Å². The monoisotopic (exact) mass is 242 g/mol. The van der Waals surface area contributed by atoms with Crippen molar-refractivity contribution in [1.82, 2.24) is 9.55 Å². The van der Waals surface area contributed by atoms with Crippen molar-refractivity contribution in [3.8, 4) is 0 Å². The van der Waals surface area contributed by atoms with Gasteiger partial charge in [-0.2, -0.15) is 0 Å². The molecule has 2 heterocycles. The van der Waals surface area contributed by atoms with Gasteiger partial charge in [-0.25, -0.2) is 0 Å². The van der Waals surface area contributed by atoms with Crippen LogP contribution < -0.4 is 0 Å². The first-order valence-corrected chi connectivity index (χ1v) is 6.25. The molecule has 0 aliphatic heterocycles. The van der Waals surface area contributed by atoms with Crippen molar-refractivity contribution < 1.29 is 4.79 Å². The Morgan fingerprint density at radius 1 is 1.28 bits per heavy atom. The number of aromatic nitrogens is 2. The zero-order valence-electron chi connectivity index (χ0n) is 10.8. The maximum absolute atomic E-state index is 11.8. The summed E-state index contributed by atoms with van der Waals surface area (Å²) >= 11 is 0. The lowest BCUT2D eigenvalue weighted by Gasteiger charge is -2.03. The topological polar surface area (TPSA) is 34.9 Å². The van der Waals surface area contributed by atoms with Crippen LogP contribution in [0.1, 0.15) is 29.8 Å². The minimum Gasteiger partial charge on any atom is -0.353 e. The van der Waals surface area contributed by atoms with Crippen LogP contribution in [0.2, 0.25) is 0 Å². The molecule has 0 fully saturated rings. The second kappa shape index (κ2) is 5.63. The first-order valence-electron chi connectivity index (χ1n) is 6.25. The van der Waals surface area contributed by atoms with E-state index in [0.29, 0.717) is 0 Å². The number of rotatable bonds is 5. The van der Waals surface area contributed by atoms with E-state index in [1.807, 2.05) is 44.4 Å². The second-order valence-corrected chi connectivity index (χ2v) is 4.76. The lowest BCUT2D eigenvalue weighted by molar-refractivity contribution is 0.0939. The summed E-state index contributed by atoms with van der Waals surface area (Å²) in [5, 5.41) is 0. The molecule has 2 aromatic rings. The predicted octanol–water partition coefficient (Wildman–Crippen LogP) is 2.96. The molecule has 0 radical (unpaired) electrons. The number of hydrogen-bond acceptors (Lipinski definition) is 2. The van der Waals surface area contributed by atoms with Gasteiger partial charge in [-0.15, -0.1) is 0 Å². The fourth-order valence-electron chi connectivity index (χ4n) is 1.87. The largest absolute Gasteiger partial charge is 0.353 e. The van der Waals surface area contributed by atoms with Gasteiger partial charge in [-0.05, 0) is 30.2 Å². The first kappa shape index (κ1) is 12.6. The van der Waals surface area contributed by atoms with Crippen LogP contribution in [0.5, 0.6) is 0 Å². The zero-order valence-corrected chi connectivity index (χ0v) is 10.8. The number of nitrogens with zero attached hydrogens (tertiary/aromatic N) is 2. The third kappa shape index (κ3) is 3.06. The molecule has 0 aliphatic carbocycles. The van der Waals surface area contributed by atoms with Crippen molar-refractivity contribution in [2.75, 3.05) is 0 Å². The van der Waals surface area contributed by atoms with E-state index in [1.165, 1.54) is 5.56 Å². The Hall–Kier alpha value is -1.90. The molecule has 18 heavy (non-hydrogen) atoms. The van der Waals surface area contributed by atoms with Crippen LogP contribution in [0.15, 0.2) is 43.0 Å². The summed E-state index contributed by atoms with van der Waals surface area (Å²) in [5.41, 5.74) is 2.06. The van der Waals surface area contributed by atoms with Gasteiger partial charge in [0.1, 0.15) is 0 Å². The SMILES string of the molecule is CC(C)C(=O)c1ccn(CCc2ccncc2)c1. The molecule has 0 aromatic carbocycles. The summed E-state index contributed by atoms with van der Waals surface area (Å²) in [7, 11) is 0. The van der Waals surface area contributed by atoms with Gasteiger partial charge in [0.2, 0.25) is 0 Å². The van der Waals surface area contributed by atoms with Crippen LogP contribution in [0.4, 0.5) is 0 Å². The van der Waals surface area contributed by atoms with Crippen LogP contribution in [0.3, 0.4) is 0 Å². The molecule has 0 amide bonds. The number of Topliss-reactive ketones (excluding diaryl/α,β-unsaturated/α-hetero) is 1. The summed E-state index contributed by atoms with van der Waals surface area (Å²) in [5.74, 6) is 0.263. The maximum Gasteiger partial charge on any atom is 0.166 e. The summed E-state index contributed by atoms with van der Waals surface area (Å²) in [6.45, 7) is 4.74. The van der Waals surface area contributed by atoms with Crippen molar-refractivity contribution in [2.45, 2.75) is 26.8 Å². The lowest BCUT2D eigenvalue weighted by Crippen LogP contribution is -2.06. The molecular formula is C15H18N2O. The molecule has 94 valence electrons. The summed E-state index contributed by atoms with van der Waals surface area (Å²) < 4.78 is 2.07. The molecule has 3 heteroatoms. The van der Waals surface area contributed by atoms with Gasteiger partial charge in [0, 0.05) is 42.8 Å². The number of aryl methyl sites for hydroxylation is 2. The van der Waals surface area contributed by atoms with E-state index in [2.05, 4.69) is 9.55 Å². The molecule has 0 N–H and O–H groups in total. The van der Waals surface area contributed by atoms with Crippen LogP contribution in [0.25, 0.3) is 0 Å². The zero-order chi connectivity index (χ0) is 13.0. The van der Waals surface area contributed by atoms with E-state index in [0.717, 1.165) is 18.5 Å². The molecule has 0 bridgehead atoms. The van der Waals surface area contributed by atoms with Gasteiger partial charge >= 0.3 is 0 Å². The Morgan fingerprint density at radius 3 is 2.67 bits per heavy atom. The highest BCUT2D eigenvalue weighted by atomic mass is 16.1. The molecule has 0 saturated heterocycles. The van der Waals surface area contributed by atoms with E-state index in [9.17, 15) is 4.79 Å². The van der Waals surface area contributed by atoms with Crippen molar-refractivity contribution in [3.63, 3.8) is 0 Å². The third-order valence-corrected chi connectivity index (χ3v) is 2.97. The first-order chi connectivity index (χ1) is 8.66. The number of hydrogen-bond donors (Lipinski definition) is 0. The van der Waals surface area contributed by atoms with Gasteiger partial charge in [-0.1, -0.05) is 13.8 Å². The average molecular weight is 242 g/mol. The minimum atomic E-state index is 0.0565. The summed E-state index contributed by atoms with van der Waals surface area (Å²) in [4.78, 5) is 15.8. The Bertz CT molecular complexity index is 514. The van der Waals surface area contributed by atoms with Gasteiger partial charge in [0.05, 0.1) is 0 Å². The highest BCUT2D eigenvalue weighted by molar-refractivity contribution is 5.97. The molecular weight excluding hydrogens is 224 g/mol. The van der Waals surface area contributed by atoms with E-state index >= 15 is 0 Å². The molecule has 3 nitrogen and oxygen atoms in total. The van der Waals surface area contributed by atoms with E-state index in [1.54, 1.807) is 12.4 Å². The summed E-state index contributed by atoms with van der Waals surface area (Å²) in [6, 6.07) is 5.93. The number of carbonyl (C=O) groups is 1. The van der Waals surface area contributed by atoms with Gasteiger partial charge in [0.15, 0.2) is 5.78 Å².